The number of aliphatic hydroxyl groups excluding tert-OH is 1. The van der Waals surface area contributed by atoms with Crippen molar-refractivity contribution in [2.24, 2.45) is 5.92 Å². The second kappa shape index (κ2) is 4.42. The van der Waals surface area contributed by atoms with Crippen molar-refractivity contribution in [3.8, 4) is 0 Å². The molecule has 0 heterocycles. The van der Waals surface area contributed by atoms with Gasteiger partial charge in [0.2, 0.25) is 0 Å². The summed E-state index contributed by atoms with van der Waals surface area (Å²) in [6.45, 7) is 3.61. The van der Waals surface area contributed by atoms with Gasteiger partial charge in [-0.15, -0.1) is 0 Å². The summed E-state index contributed by atoms with van der Waals surface area (Å²) in [5.74, 6) is 0.00415. The first-order valence-corrected chi connectivity index (χ1v) is 7.61. The Bertz CT molecular complexity index is 490. The summed E-state index contributed by atoms with van der Waals surface area (Å²) in [6.07, 6.45) is 0. The molecule has 1 aliphatic carbocycles. The zero-order valence-corrected chi connectivity index (χ0v) is 10.9. The highest BCUT2D eigenvalue weighted by Gasteiger charge is 2.57. The van der Waals surface area contributed by atoms with Crippen LogP contribution in [-0.2, 0) is 9.84 Å². The van der Waals surface area contributed by atoms with Gasteiger partial charge in [0.15, 0.2) is 9.84 Å². The van der Waals surface area contributed by atoms with Crippen LogP contribution in [0.2, 0.25) is 0 Å². The van der Waals surface area contributed by atoms with E-state index in [0.717, 1.165) is 11.1 Å². The molecule has 3 atom stereocenters. The highest BCUT2D eigenvalue weighted by Crippen LogP contribution is 2.52. The molecule has 2 rings (SSSR count). The van der Waals surface area contributed by atoms with Gasteiger partial charge in [-0.05, 0) is 12.5 Å². The monoisotopic (exact) mass is 254 g/mol. The quantitative estimate of drug-likeness (QED) is 0.886. The smallest absolute Gasteiger partial charge is 0.153 e. The molecule has 0 radical (unpaired) electrons. The van der Waals surface area contributed by atoms with Crippen molar-refractivity contribution in [3.05, 3.63) is 35.4 Å². The van der Waals surface area contributed by atoms with E-state index in [9.17, 15) is 13.5 Å². The number of hydrogen-bond donors (Lipinski definition) is 1. The van der Waals surface area contributed by atoms with Gasteiger partial charge in [-0.25, -0.2) is 8.42 Å². The lowest BCUT2D eigenvalue weighted by atomic mass is 10.1. The molecule has 1 N–H and O–H groups in total. The molecule has 0 aromatic heterocycles. The van der Waals surface area contributed by atoms with Crippen LogP contribution in [0.3, 0.4) is 0 Å². The maximum atomic E-state index is 11.9. The van der Waals surface area contributed by atoms with E-state index in [1.54, 1.807) is 6.92 Å². The Kier molecular flexibility index (Phi) is 3.27. The number of aryl methyl sites for hydroxylation is 1. The number of aliphatic hydroxyl groups is 1. The molecule has 1 aromatic rings. The van der Waals surface area contributed by atoms with E-state index in [1.807, 2.05) is 31.2 Å². The van der Waals surface area contributed by atoms with Crippen molar-refractivity contribution in [2.45, 2.75) is 25.0 Å². The fraction of sp³-hybridized carbons (Fsp3) is 0.538. The van der Waals surface area contributed by atoms with E-state index in [0.29, 0.717) is 0 Å². The Morgan fingerprint density at radius 2 is 1.82 bits per heavy atom. The Morgan fingerprint density at radius 3 is 2.29 bits per heavy atom. The normalized spacial score (nSPS) is 28.1. The molecular formula is C13H18O3S. The van der Waals surface area contributed by atoms with Crippen molar-refractivity contribution in [1.82, 2.24) is 0 Å². The molecule has 0 saturated heterocycles. The van der Waals surface area contributed by atoms with Crippen molar-refractivity contribution in [3.63, 3.8) is 0 Å². The van der Waals surface area contributed by atoms with Crippen LogP contribution in [0.5, 0.6) is 0 Å². The summed E-state index contributed by atoms with van der Waals surface area (Å²) < 4.78 is 23.7. The maximum Gasteiger partial charge on any atom is 0.153 e. The molecule has 1 saturated carbocycles. The van der Waals surface area contributed by atoms with Gasteiger partial charge in [-0.1, -0.05) is 36.8 Å². The van der Waals surface area contributed by atoms with Crippen molar-refractivity contribution >= 4 is 9.84 Å². The molecule has 1 aliphatic rings. The van der Waals surface area contributed by atoms with Gasteiger partial charge in [0.1, 0.15) is 0 Å². The molecule has 0 spiro atoms. The van der Waals surface area contributed by atoms with Gasteiger partial charge < -0.3 is 5.11 Å². The first-order chi connectivity index (χ1) is 8.01. The minimum absolute atomic E-state index is 0.0226. The third kappa shape index (κ3) is 2.24. The Labute approximate surface area is 102 Å². The van der Waals surface area contributed by atoms with E-state index >= 15 is 0 Å². The first kappa shape index (κ1) is 12.6. The van der Waals surface area contributed by atoms with Crippen LogP contribution in [0.25, 0.3) is 0 Å². The molecule has 0 bridgehead atoms. The van der Waals surface area contributed by atoms with E-state index in [-0.39, 0.29) is 29.4 Å². The van der Waals surface area contributed by atoms with Crippen LogP contribution in [-0.4, -0.2) is 31.1 Å². The zero-order valence-electron chi connectivity index (χ0n) is 10.1. The average molecular weight is 254 g/mol. The highest BCUT2D eigenvalue weighted by molar-refractivity contribution is 7.92. The molecule has 17 heavy (non-hydrogen) atoms. The van der Waals surface area contributed by atoms with Gasteiger partial charge in [0.05, 0.1) is 5.25 Å². The van der Waals surface area contributed by atoms with Gasteiger partial charge in [0, 0.05) is 24.2 Å². The number of hydrogen-bond acceptors (Lipinski definition) is 3. The standard InChI is InChI=1S/C13H18O3S/c1-3-17(15,16)13-11(8-14)12(13)10-6-4-9(2)5-7-10/h4-7,11-14H,3,8H2,1-2H3/t11-,12-,13-/m0/s1. The second-order valence-electron chi connectivity index (χ2n) is 4.70. The maximum absolute atomic E-state index is 11.9. The van der Waals surface area contributed by atoms with Gasteiger partial charge >= 0.3 is 0 Å². The minimum atomic E-state index is -3.05. The van der Waals surface area contributed by atoms with Crippen LogP contribution >= 0.6 is 0 Å². The number of benzene rings is 1. The third-order valence-electron chi connectivity index (χ3n) is 3.59. The zero-order chi connectivity index (χ0) is 12.6. The Morgan fingerprint density at radius 1 is 1.24 bits per heavy atom. The summed E-state index contributed by atoms with van der Waals surface area (Å²) in [7, 11) is -3.05. The van der Waals surface area contributed by atoms with Crippen LogP contribution < -0.4 is 0 Å². The molecule has 0 amide bonds. The van der Waals surface area contributed by atoms with Crippen molar-refractivity contribution < 1.29 is 13.5 Å². The van der Waals surface area contributed by atoms with Crippen molar-refractivity contribution in [2.75, 3.05) is 12.4 Å². The van der Waals surface area contributed by atoms with E-state index in [4.69, 9.17) is 0 Å². The summed E-state index contributed by atoms with van der Waals surface area (Å²) in [5.41, 5.74) is 2.18. The van der Waals surface area contributed by atoms with Gasteiger partial charge in [-0.3, -0.25) is 0 Å². The molecule has 0 aliphatic heterocycles. The summed E-state index contributed by atoms with van der Waals surface area (Å²) in [6, 6.07) is 7.90. The summed E-state index contributed by atoms with van der Waals surface area (Å²) in [4.78, 5) is 0. The lowest BCUT2D eigenvalue weighted by molar-refractivity contribution is 0.274. The lowest BCUT2D eigenvalue weighted by Gasteiger charge is -2.01. The van der Waals surface area contributed by atoms with E-state index in [1.165, 1.54) is 0 Å². The molecule has 94 valence electrons. The molecule has 0 unspecified atom stereocenters. The fourth-order valence-corrected chi connectivity index (χ4v) is 4.36. The SMILES string of the molecule is CCS(=O)(=O)[C@H]1[C@@H](CO)[C@@H]1c1ccc(C)cc1. The van der Waals surface area contributed by atoms with Crippen molar-refractivity contribution in [1.29, 1.82) is 0 Å². The predicted octanol–water partition coefficient (Wildman–Crippen LogP) is 1.50. The van der Waals surface area contributed by atoms with Crippen LogP contribution in [0.4, 0.5) is 0 Å². The summed E-state index contributed by atoms with van der Waals surface area (Å²) in [5, 5.41) is 8.87. The molecule has 1 fully saturated rings. The topological polar surface area (TPSA) is 54.4 Å². The largest absolute Gasteiger partial charge is 0.396 e. The highest BCUT2D eigenvalue weighted by atomic mass is 32.2. The lowest BCUT2D eigenvalue weighted by Crippen LogP contribution is -2.13. The fourth-order valence-electron chi connectivity index (χ4n) is 2.47. The average Bonchev–Trinajstić information content (AvgIpc) is 3.05. The van der Waals surface area contributed by atoms with Gasteiger partial charge in [-0.2, -0.15) is 0 Å². The van der Waals surface area contributed by atoms with Crippen LogP contribution in [0, 0.1) is 12.8 Å². The van der Waals surface area contributed by atoms with E-state index in [2.05, 4.69) is 0 Å². The predicted molar refractivity (Wildman–Crippen MR) is 67.7 cm³/mol. The first-order valence-electron chi connectivity index (χ1n) is 5.90. The summed E-state index contributed by atoms with van der Waals surface area (Å²) >= 11 is 0. The molecule has 3 nitrogen and oxygen atoms in total. The van der Waals surface area contributed by atoms with Gasteiger partial charge in [0.25, 0.3) is 0 Å². The van der Waals surface area contributed by atoms with Crippen LogP contribution in [0.1, 0.15) is 24.0 Å². The number of sulfone groups is 1. The Balaban J connectivity index is 2.26. The third-order valence-corrected chi connectivity index (χ3v) is 5.86. The van der Waals surface area contributed by atoms with Crippen LogP contribution in [0.15, 0.2) is 24.3 Å². The minimum Gasteiger partial charge on any atom is -0.396 e. The molecule has 1 aromatic carbocycles. The number of rotatable bonds is 4. The molecular weight excluding hydrogens is 236 g/mol. The molecule has 4 heteroatoms. The Hall–Kier alpha value is -0.870. The second-order valence-corrected chi connectivity index (χ2v) is 7.15. The van der Waals surface area contributed by atoms with E-state index < -0.39 is 9.84 Å².